The number of benzene rings is 1. The minimum absolute atomic E-state index is 0.148. The number of hydrogen-bond donors (Lipinski definition) is 2. The van der Waals surface area contributed by atoms with E-state index in [9.17, 15) is 22.8 Å². The van der Waals surface area contributed by atoms with E-state index in [1.54, 1.807) is 11.0 Å². The van der Waals surface area contributed by atoms with Crippen LogP contribution in [0.2, 0.25) is 0 Å². The van der Waals surface area contributed by atoms with Gasteiger partial charge in [0, 0.05) is 19.6 Å². The molecule has 22 heavy (non-hydrogen) atoms. The first-order chi connectivity index (χ1) is 10.3. The summed E-state index contributed by atoms with van der Waals surface area (Å²) >= 11 is 0. The quantitative estimate of drug-likeness (QED) is 0.866. The van der Waals surface area contributed by atoms with E-state index in [1.807, 2.05) is 0 Å². The zero-order valence-corrected chi connectivity index (χ0v) is 11.7. The second-order valence-electron chi connectivity index (χ2n) is 5.15. The Morgan fingerprint density at radius 2 is 2.14 bits per heavy atom. The van der Waals surface area contributed by atoms with Crippen molar-refractivity contribution in [3.63, 3.8) is 0 Å². The van der Waals surface area contributed by atoms with E-state index in [4.69, 9.17) is 5.73 Å². The van der Waals surface area contributed by atoms with Crippen molar-refractivity contribution in [2.45, 2.75) is 25.2 Å². The first-order valence-electron chi connectivity index (χ1n) is 6.73. The molecule has 0 aromatic heterocycles. The smallest absolute Gasteiger partial charge is 0.370 e. The number of nitrogens with zero attached hydrogens (tertiary/aromatic N) is 1. The molecule has 1 atom stereocenters. The van der Waals surface area contributed by atoms with Crippen LogP contribution in [0.15, 0.2) is 24.3 Å². The first-order valence-corrected chi connectivity index (χ1v) is 6.73. The number of nitrogens with one attached hydrogen (secondary N) is 1. The van der Waals surface area contributed by atoms with Crippen molar-refractivity contribution in [3.8, 4) is 0 Å². The Kier molecular flexibility index (Phi) is 4.70. The maximum Gasteiger partial charge on any atom is 0.416 e. The molecular weight excluding hydrogens is 299 g/mol. The van der Waals surface area contributed by atoms with Gasteiger partial charge in [0.2, 0.25) is 11.8 Å². The van der Waals surface area contributed by atoms with Crippen molar-refractivity contribution in [1.29, 1.82) is 0 Å². The maximum absolute atomic E-state index is 12.7. The summed E-state index contributed by atoms with van der Waals surface area (Å²) < 4.78 is 38.2. The molecule has 0 spiro atoms. The molecular formula is C14H16F3N3O2. The number of nitrogens with two attached hydrogens (primary N) is 1. The Hall–Kier alpha value is -2.09. The standard InChI is InChI=1S/C14H16F3N3O2/c15-14(16,17)10-3-1-2-9(6-10)8-20-5-4-19-13(22)11(20)7-12(18)21/h1-3,6,11H,4-5,7-8H2,(H2,18,21)(H,19,22). The van der Waals surface area contributed by atoms with Crippen molar-refractivity contribution in [2.75, 3.05) is 13.1 Å². The van der Waals surface area contributed by atoms with E-state index in [0.717, 1.165) is 12.1 Å². The van der Waals surface area contributed by atoms with E-state index in [0.29, 0.717) is 18.7 Å². The second kappa shape index (κ2) is 6.35. The van der Waals surface area contributed by atoms with Gasteiger partial charge in [-0.25, -0.2) is 0 Å². The number of hydrogen-bond acceptors (Lipinski definition) is 3. The summed E-state index contributed by atoms with van der Waals surface area (Å²) in [5, 5.41) is 2.62. The lowest BCUT2D eigenvalue weighted by atomic mass is 10.1. The van der Waals surface area contributed by atoms with Gasteiger partial charge in [-0.3, -0.25) is 14.5 Å². The summed E-state index contributed by atoms with van der Waals surface area (Å²) in [6.07, 6.45) is -4.58. The molecule has 3 N–H and O–H groups in total. The summed E-state index contributed by atoms with van der Waals surface area (Å²) in [7, 11) is 0. The van der Waals surface area contributed by atoms with Crippen LogP contribution in [0.1, 0.15) is 17.5 Å². The molecule has 1 aliphatic heterocycles. The third kappa shape index (κ3) is 3.97. The fourth-order valence-corrected chi connectivity index (χ4v) is 2.44. The summed E-state index contributed by atoms with van der Waals surface area (Å²) in [5.74, 6) is -0.965. The fourth-order valence-electron chi connectivity index (χ4n) is 2.44. The van der Waals surface area contributed by atoms with Gasteiger partial charge in [-0.2, -0.15) is 13.2 Å². The van der Waals surface area contributed by atoms with E-state index >= 15 is 0 Å². The molecule has 0 radical (unpaired) electrons. The zero-order valence-electron chi connectivity index (χ0n) is 11.7. The molecule has 120 valence electrons. The number of amides is 2. The molecule has 2 amide bonds. The van der Waals surface area contributed by atoms with Crippen LogP contribution in [0.4, 0.5) is 13.2 Å². The topological polar surface area (TPSA) is 75.4 Å². The Labute approximate surface area is 125 Å². The molecule has 8 heteroatoms. The largest absolute Gasteiger partial charge is 0.416 e. The Morgan fingerprint density at radius 1 is 1.41 bits per heavy atom. The van der Waals surface area contributed by atoms with Gasteiger partial charge in [0.25, 0.3) is 0 Å². The van der Waals surface area contributed by atoms with Crippen molar-refractivity contribution >= 4 is 11.8 Å². The Bertz CT molecular complexity index is 575. The SMILES string of the molecule is NC(=O)CC1C(=O)NCCN1Cc1cccc(C(F)(F)F)c1. The number of alkyl halides is 3. The highest BCUT2D eigenvalue weighted by Crippen LogP contribution is 2.30. The molecule has 2 rings (SSSR count). The lowest BCUT2D eigenvalue weighted by Crippen LogP contribution is -2.55. The molecule has 1 heterocycles. The monoisotopic (exact) mass is 315 g/mol. The maximum atomic E-state index is 12.7. The third-order valence-electron chi connectivity index (χ3n) is 3.48. The predicted molar refractivity (Wildman–Crippen MR) is 72.5 cm³/mol. The van der Waals surface area contributed by atoms with Crippen LogP contribution in [-0.2, 0) is 22.3 Å². The van der Waals surface area contributed by atoms with E-state index < -0.39 is 23.7 Å². The average Bonchev–Trinajstić information content (AvgIpc) is 2.42. The highest BCUT2D eigenvalue weighted by Gasteiger charge is 2.33. The van der Waals surface area contributed by atoms with E-state index in [2.05, 4.69) is 5.32 Å². The summed E-state index contributed by atoms with van der Waals surface area (Å²) in [5.41, 5.74) is 4.82. The number of piperazine rings is 1. The number of rotatable bonds is 4. The van der Waals surface area contributed by atoms with Gasteiger partial charge >= 0.3 is 6.18 Å². The van der Waals surface area contributed by atoms with Crippen LogP contribution in [0, 0.1) is 0 Å². The van der Waals surface area contributed by atoms with Crippen molar-refractivity contribution in [1.82, 2.24) is 10.2 Å². The van der Waals surface area contributed by atoms with Gasteiger partial charge in [-0.1, -0.05) is 18.2 Å². The van der Waals surface area contributed by atoms with Gasteiger partial charge in [-0.15, -0.1) is 0 Å². The summed E-state index contributed by atoms with van der Waals surface area (Å²) in [6, 6.07) is 4.18. The molecule has 1 aromatic carbocycles. The van der Waals surface area contributed by atoms with Gasteiger partial charge in [0.05, 0.1) is 18.0 Å². The Morgan fingerprint density at radius 3 is 2.77 bits per heavy atom. The molecule has 0 bridgehead atoms. The van der Waals surface area contributed by atoms with Crippen LogP contribution in [0.25, 0.3) is 0 Å². The Balaban J connectivity index is 2.17. The van der Waals surface area contributed by atoms with Crippen molar-refractivity contribution in [2.24, 2.45) is 5.73 Å². The molecule has 1 unspecified atom stereocenters. The molecule has 0 aliphatic carbocycles. The minimum atomic E-state index is -4.41. The minimum Gasteiger partial charge on any atom is -0.370 e. The number of primary amides is 1. The molecule has 0 saturated carbocycles. The van der Waals surface area contributed by atoms with Crippen molar-refractivity contribution < 1.29 is 22.8 Å². The first kappa shape index (κ1) is 16.3. The van der Waals surface area contributed by atoms with Gasteiger partial charge in [0.1, 0.15) is 0 Å². The molecule has 1 fully saturated rings. The molecule has 1 saturated heterocycles. The lowest BCUT2D eigenvalue weighted by Gasteiger charge is -2.34. The third-order valence-corrected chi connectivity index (χ3v) is 3.48. The lowest BCUT2D eigenvalue weighted by molar-refractivity contribution is -0.137. The zero-order chi connectivity index (χ0) is 16.3. The summed E-state index contributed by atoms with van der Waals surface area (Å²) in [6.45, 7) is 0.974. The fraction of sp³-hybridized carbons (Fsp3) is 0.429. The number of carbonyl (C=O) groups excluding carboxylic acids is 2. The molecule has 1 aliphatic rings. The van der Waals surface area contributed by atoms with Crippen LogP contribution in [0.5, 0.6) is 0 Å². The predicted octanol–water partition coefficient (Wildman–Crippen LogP) is 0.881. The number of halogens is 3. The highest BCUT2D eigenvalue weighted by molar-refractivity contribution is 5.88. The van der Waals surface area contributed by atoms with Crippen LogP contribution >= 0.6 is 0 Å². The summed E-state index contributed by atoms with van der Waals surface area (Å²) in [4.78, 5) is 24.5. The van der Waals surface area contributed by atoms with Crippen LogP contribution in [-0.4, -0.2) is 35.8 Å². The average molecular weight is 315 g/mol. The van der Waals surface area contributed by atoms with Crippen LogP contribution in [0.3, 0.4) is 0 Å². The van der Waals surface area contributed by atoms with Gasteiger partial charge < -0.3 is 11.1 Å². The van der Waals surface area contributed by atoms with E-state index in [-0.39, 0.29) is 18.9 Å². The van der Waals surface area contributed by atoms with Crippen molar-refractivity contribution in [3.05, 3.63) is 35.4 Å². The second-order valence-corrected chi connectivity index (χ2v) is 5.15. The molecule has 5 nitrogen and oxygen atoms in total. The van der Waals surface area contributed by atoms with Gasteiger partial charge in [-0.05, 0) is 11.6 Å². The molecule has 1 aromatic rings. The normalized spacial score (nSPS) is 19.8. The van der Waals surface area contributed by atoms with Gasteiger partial charge in [0.15, 0.2) is 0 Å². The number of carbonyl (C=O) groups is 2. The van der Waals surface area contributed by atoms with E-state index in [1.165, 1.54) is 6.07 Å². The van der Waals surface area contributed by atoms with Crippen LogP contribution < -0.4 is 11.1 Å². The highest BCUT2D eigenvalue weighted by atomic mass is 19.4.